The highest BCUT2D eigenvalue weighted by atomic mass is 31.1. The Morgan fingerprint density at radius 2 is 0.625 bits per heavy atom. The van der Waals surface area contributed by atoms with E-state index < -0.39 is 8.25 Å². The lowest BCUT2D eigenvalue weighted by atomic mass is 10.1. The molecule has 1 unspecified atom stereocenters. The summed E-state index contributed by atoms with van der Waals surface area (Å²) >= 11 is 0. The summed E-state index contributed by atoms with van der Waals surface area (Å²) in [5, 5.41) is 0. The first-order valence-corrected chi connectivity index (χ1v) is 18.9. The highest BCUT2D eigenvalue weighted by Crippen LogP contribution is 2.25. The zero-order valence-electron chi connectivity index (χ0n) is 27.2. The summed E-state index contributed by atoms with van der Waals surface area (Å²) in [4.78, 5) is 0. The number of allylic oxidation sites excluding steroid dienone is 4. The monoisotopic (exact) mass is 582 g/mol. The van der Waals surface area contributed by atoms with Crippen molar-refractivity contribution in [2.45, 2.75) is 194 Å². The number of unbranched alkanes of at least 4 members (excludes halogenated alkanes) is 24. The van der Waals surface area contributed by atoms with Crippen LogP contribution in [0.4, 0.5) is 0 Å². The molecule has 0 spiro atoms. The maximum Gasteiger partial charge on any atom is 0.697 e. The van der Waals surface area contributed by atoms with Gasteiger partial charge in [0.2, 0.25) is 0 Å². The molecule has 0 radical (unpaired) electrons. The molecular weight excluding hydrogens is 511 g/mol. The van der Waals surface area contributed by atoms with Gasteiger partial charge in [0.1, 0.15) is 13.2 Å². The highest BCUT2D eigenvalue weighted by Gasteiger charge is 2.18. The smallest absolute Gasteiger partial charge is 0.119 e. The van der Waals surface area contributed by atoms with Crippen LogP contribution in [0, 0.1) is 0 Å². The predicted octanol–water partition coefficient (Wildman–Crippen LogP) is 13.8. The van der Waals surface area contributed by atoms with Crippen LogP contribution >= 0.6 is 8.25 Å². The third-order valence-corrected chi connectivity index (χ3v) is 8.49. The maximum absolute atomic E-state index is 11.9. The Hall–Kier alpha value is -0.500. The lowest BCUT2D eigenvalue weighted by molar-refractivity contribution is 0.218. The molecule has 40 heavy (non-hydrogen) atoms. The van der Waals surface area contributed by atoms with Gasteiger partial charge in [-0.1, -0.05) is 154 Å². The predicted molar refractivity (Wildman–Crippen MR) is 178 cm³/mol. The Morgan fingerprint density at radius 1 is 0.375 bits per heavy atom. The summed E-state index contributed by atoms with van der Waals surface area (Å²) in [6.07, 6.45) is 45.8. The molecule has 0 rings (SSSR count). The fourth-order valence-corrected chi connectivity index (χ4v) is 5.65. The first-order valence-electron chi connectivity index (χ1n) is 17.8. The lowest BCUT2D eigenvalue weighted by Crippen LogP contribution is -1.92. The molecule has 236 valence electrons. The van der Waals surface area contributed by atoms with Crippen LogP contribution in [0.15, 0.2) is 24.3 Å². The van der Waals surface area contributed by atoms with E-state index in [-0.39, 0.29) is 0 Å². The van der Waals surface area contributed by atoms with E-state index in [1.165, 1.54) is 154 Å². The molecule has 0 N–H and O–H groups in total. The van der Waals surface area contributed by atoms with E-state index in [0.717, 1.165) is 25.7 Å². The van der Waals surface area contributed by atoms with Gasteiger partial charge in [0.15, 0.2) is 0 Å². The van der Waals surface area contributed by atoms with Gasteiger partial charge >= 0.3 is 8.25 Å². The second kappa shape index (κ2) is 36.5. The van der Waals surface area contributed by atoms with Crippen molar-refractivity contribution >= 4 is 8.25 Å². The highest BCUT2D eigenvalue weighted by molar-refractivity contribution is 7.33. The van der Waals surface area contributed by atoms with Crippen LogP contribution in [0.5, 0.6) is 0 Å². The topological polar surface area (TPSA) is 35.5 Å². The third kappa shape index (κ3) is 35.5. The largest absolute Gasteiger partial charge is 0.697 e. The Kier molecular flexibility index (Phi) is 36.1. The molecule has 0 bridgehead atoms. The van der Waals surface area contributed by atoms with E-state index in [0.29, 0.717) is 13.2 Å². The summed E-state index contributed by atoms with van der Waals surface area (Å²) in [6, 6.07) is 0. The van der Waals surface area contributed by atoms with E-state index in [2.05, 4.69) is 38.2 Å². The van der Waals surface area contributed by atoms with Crippen molar-refractivity contribution in [3.8, 4) is 0 Å². The molecule has 0 aliphatic carbocycles. The van der Waals surface area contributed by atoms with Gasteiger partial charge in [0, 0.05) is 4.57 Å². The first-order chi connectivity index (χ1) is 19.8. The number of rotatable bonds is 34. The second-order valence-electron chi connectivity index (χ2n) is 11.8. The van der Waals surface area contributed by atoms with Crippen molar-refractivity contribution < 1.29 is 13.6 Å². The average molecular weight is 582 g/mol. The van der Waals surface area contributed by atoms with E-state index >= 15 is 0 Å². The van der Waals surface area contributed by atoms with Crippen LogP contribution in [-0.4, -0.2) is 13.2 Å². The van der Waals surface area contributed by atoms with Gasteiger partial charge in [-0.05, 0) is 64.2 Å². The van der Waals surface area contributed by atoms with Crippen molar-refractivity contribution in [2.24, 2.45) is 0 Å². The molecule has 0 aliphatic heterocycles. The van der Waals surface area contributed by atoms with Crippen molar-refractivity contribution in [3.63, 3.8) is 0 Å². The maximum atomic E-state index is 11.9. The molecule has 4 heteroatoms. The molecule has 0 aromatic heterocycles. The Balaban J connectivity index is 3.22. The van der Waals surface area contributed by atoms with Crippen molar-refractivity contribution in [1.82, 2.24) is 0 Å². The Morgan fingerprint density at radius 3 is 0.925 bits per heavy atom. The summed E-state index contributed by atoms with van der Waals surface area (Å²) in [7, 11) is -1.93. The molecule has 0 fully saturated rings. The molecule has 0 saturated heterocycles. The van der Waals surface area contributed by atoms with E-state index in [1.807, 2.05) is 0 Å². The number of hydrogen-bond donors (Lipinski definition) is 0. The third-order valence-electron chi connectivity index (χ3n) is 7.71. The Labute approximate surface area is 252 Å². The standard InChI is InChI=1S/C36H70O3P/c1-3-5-7-9-11-13-15-17-19-21-23-25-27-29-31-33-35-38-40(37)39-36-34-32-30-28-26-24-22-20-18-16-14-12-10-8-6-4-2/h17-20H,3-16,21-36H2,1-2H3/q+1/b19-17-,20-18+. The van der Waals surface area contributed by atoms with Gasteiger partial charge in [-0.25, -0.2) is 0 Å². The zero-order valence-corrected chi connectivity index (χ0v) is 28.1. The minimum Gasteiger partial charge on any atom is -0.119 e. The molecule has 0 aromatic rings. The quantitative estimate of drug-likeness (QED) is 0.0431. The molecule has 0 saturated carbocycles. The molecule has 0 aromatic carbocycles. The van der Waals surface area contributed by atoms with Gasteiger partial charge in [0.05, 0.1) is 0 Å². The van der Waals surface area contributed by atoms with E-state index in [1.54, 1.807) is 0 Å². The fraction of sp³-hybridized carbons (Fsp3) is 0.889. The first kappa shape index (κ1) is 39.5. The summed E-state index contributed by atoms with van der Waals surface area (Å²) in [5.74, 6) is 0. The van der Waals surface area contributed by atoms with Crippen LogP contribution < -0.4 is 0 Å². The van der Waals surface area contributed by atoms with Crippen LogP contribution in [0.25, 0.3) is 0 Å². The van der Waals surface area contributed by atoms with Crippen molar-refractivity contribution in [2.75, 3.05) is 13.2 Å². The summed E-state index contributed by atoms with van der Waals surface area (Å²) in [6.45, 7) is 5.67. The lowest BCUT2D eigenvalue weighted by Gasteiger charge is -2.00. The molecule has 1 atom stereocenters. The van der Waals surface area contributed by atoms with Crippen LogP contribution in [0.2, 0.25) is 0 Å². The van der Waals surface area contributed by atoms with E-state index in [4.69, 9.17) is 9.05 Å². The Bertz CT molecular complexity index is 500. The molecular formula is C36H70O3P+. The van der Waals surface area contributed by atoms with Gasteiger partial charge in [0.25, 0.3) is 0 Å². The van der Waals surface area contributed by atoms with Gasteiger partial charge in [-0.2, -0.15) is 0 Å². The van der Waals surface area contributed by atoms with Crippen LogP contribution in [0.3, 0.4) is 0 Å². The SMILES string of the molecule is CCCCCCCC/C=C\CCCCCCCCO[P+](=O)OCCCCCCCC/C=C/CCCCCCCC. The molecule has 0 heterocycles. The van der Waals surface area contributed by atoms with Gasteiger partial charge < -0.3 is 0 Å². The van der Waals surface area contributed by atoms with Crippen LogP contribution in [-0.2, 0) is 13.6 Å². The normalized spacial score (nSPS) is 12.3. The fourth-order valence-electron chi connectivity index (χ4n) is 5.01. The molecule has 0 amide bonds. The van der Waals surface area contributed by atoms with E-state index in [9.17, 15) is 4.57 Å². The minimum atomic E-state index is -1.93. The van der Waals surface area contributed by atoms with Gasteiger partial charge in [-0.3, -0.25) is 0 Å². The van der Waals surface area contributed by atoms with Crippen LogP contribution in [0.1, 0.15) is 194 Å². The second-order valence-corrected chi connectivity index (χ2v) is 12.7. The molecule has 3 nitrogen and oxygen atoms in total. The number of hydrogen-bond acceptors (Lipinski definition) is 3. The van der Waals surface area contributed by atoms with Crippen molar-refractivity contribution in [1.29, 1.82) is 0 Å². The minimum absolute atomic E-state index is 0.559. The van der Waals surface area contributed by atoms with Gasteiger partial charge in [-0.15, -0.1) is 9.05 Å². The zero-order chi connectivity index (χ0) is 29.0. The van der Waals surface area contributed by atoms with Crippen molar-refractivity contribution in [3.05, 3.63) is 24.3 Å². The summed E-state index contributed by atoms with van der Waals surface area (Å²) in [5.41, 5.74) is 0. The molecule has 0 aliphatic rings. The average Bonchev–Trinajstić information content (AvgIpc) is 2.96. The summed E-state index contributed by atoms with van der Waals surface area (Å²) < 4.78 is 22.6.